The Morgan fingerprint density at radius 3 is 2.59 bits per heavy atom. The Morgan fingerprint density at radius 2 is 1.88 bits per heavy atom. The number of hydrogen-bond donors (Lipinski definition) is 2. The van der Waals surface area contributed by atoms with Crippen molar-refractivity contribution in [2.75, 3.05) is 5.32 Å². The molecule has 5 rings (SSSR count). The third kappa shape index (κ3) is 3.44. The lowest BCUT2D eigenvalue weighted by Crippen LogP contribution is -2.53. The van der Waals surface area contributed by atoms with Crippen molar-refractivity contribution in [2.24, 2.45) is 46.8 Å². The summed E-state index contributed by atoms with van der Waals surface area (Å²) in [5.74, 6) is 4.11. The van der Waals surface area contributed by atoms with E-state index in [2.05, 4.69) is 29.1 Å². The number of nitrogens with zero attached hydrogens (tertiary/aromatic N) is 3. The Morgan fingerprint density at radius 1 is 1.12 bits per heavy atom. The largest absolute Gasteiger partial charge is 0.390 e. The molecule has 0 unspecified atom stereocenters. The summed E-state index contributed by atoms with van der Waals surface area (Å²) in [5, 5.41) is 22.7. The third-order valence-corrected chi connectivity index (χ3v) is 10.2. The second-order valence-corrected chi connectivity index (χ2v) is 11.7. The fraction of sp³-hybridized carbons (Fsp3) is 0.769. The highest BCUT2D eigenvalue weighted by atomic mass is 16.3. The van der Waals surface area contributed by atoms with Gasteiger partial charge in [0, 0.05) is 5.92 Å². The highest BCUT2D eigenvalue weighted by molar-refractivity contribution is 5.93. The molecule has 4 saturated carbocycles. The molecule has 0 spiro atoms. The summed E-state index contributed by atoms with van der Waals surface area (Å²) in [6.45, 7) is 6.63. The number of nitriles is 1. The van der Waals surface area contributed by atoms with Crippen LogP contribution in [0.25, 0.3) is 0 Å². The Bertz CT molecular complexity index is 923. The maximum absolute atomic E-state index is 13.3. The van der Waals surface area contributed by atoms with E-state index < -0.39 is 5.60 Å². The average molecular weight is 437 g/mol. The number of nitrogens with one attached hydrogen (secondary N) is 1. The summed E-state index contributed by atoms with van der Waals surface area (Å²) in [6, 6.07) is 1.91. The van der Waals surface area contributed by atoms with Gasteiger partial charge in [-0.25, -0.2) is 9.97 Å². The number of amides is 1. The molecule has 6 nitrogen and oxygen atoms in total. The van der Waals surface area contributed by atoms with E-state index in [4.69, 9.17) is 5.26 Å². The highest BCUT2D eigenvalue weighted by Crippen LogP contribution is 2.65. The molecular formula is C26H36N4O2. The summed E-state index contributed by atoms with van der Waals surface area (Å²) in [4.78, 5) is 21.2. The lowest BCUT2D eigenvalue weighted by molar-refractivity contribution is -0.134. The number of aromatic nitrogens is 2. The second-order valence-electron chi connectivity index (χ2n) is 11.7. The second kappa shape index (κ2) is 7.80. The van der Waals surface area contributed by atoms with E-state index in [0.717, 1.165) is 49.9 Å². The van der Waals surface area contributed by atoms with Gasteiger partial charge in [-0.1, -0.05) is 13.8 Å². The molecule has 1 heterocycles. The van der Waals surface area contributed by atoms with Crippen LogP contribution >= 0.6 is 0 Å². The first-order chi connectivity index (χ1) is 15.2. The molecule has 0 radical (unpaired) electrons. The van der Waals surface area contributed by atoms with E-state index in [9.17, 15) is 9.90 Å². The number of carbonyl (C=O) groups excluding carboxylic acids is 1. The first kappa shape index (κ1) is 21.8. The molecule has 0 bridgehead atoms. The maximum Gasteiger partial charge on any atom is 0.232 e. The topological polar surface area (TPSA) is 98.9 Å². The van der Waals surface area contributed by atoms with Gasteiger partial charge >= 0.3 is 0 Å². The minimum atomic E-state index is -0.511. The van der Waals surface area contributed by atoms with Gasteiger partial charge < -0.3 is 10.4 Å². The standard InChI is InChI=1S/C26H36N4O2/c1-15-10-20-16(11-26(15,3)32)4-5-19-18(20)8-9-25(2)21(19)6-7-22(25)24(31)30-17-13-28-23(12-27)29-14-17/h13-16,18-22,32H,4-11H2,1-3H3,(H,30,31)/t15-,16+,18-,19+,20-,21-,22+,25-,26-/m0/s1. The van der Waals surface area contributed by atoms with Gasteiger partial charge in [0.15, 0.2) is 0 Å². The molecular weight excluding hydrogens is 400 g/mol. The predicted octanol–water partition coefficient (Wildman–Crippen LogP) is 4.55. The van der Waals surface area contributed by atoms with E-state index in [1.807, 2.05) is 13.0 Å². The van der Waals surface area contributed by atoms with E-state index in [1.165, 1.54) is 31.7 Å². The molecule has 1 aromatic heterocycles. The van der Waals surface area contributed by atoms with Crippen LogP contribution < -0.4 is 5.32 Å². The van der Waals surface area contributed by atoms with Gasteiger partial charge in [-0.05, 0) is 99.2 Å². The summed E-state index contributed by atoms with van der Waals surface area (Å²) in [5.41, 5.74) is 0.110. The van der Waals surface area contributed by atoms with Gasteiger partial charge in [0.05, 0.1) is 23.7 Å². The highest BCUT2D eigenvalue weighted by Gasteiger charge is 2.59. The van der Waals surface area contributed by atoms with Crippen LogP contribution in [0.4, 0.5) is 5.69 Å². The molecule has 172 valence electrons. The number of rotatable bonds is 2. The summed E-state index contributed by atoms with van der Waals surface area (Å²) in [7, 11) is 0. The van der Waals surface area contributed by atoms with Crippen molar-refractivity contribution in [3.63, 3.8) is 0 Å². The van der Waals surface area contributed by atoms with Gasteiger partial charge in [0.1, 0.15) is 6.07 Å². The number of carbonyl (C=O) groups is 1. The van der Waals surface area contributed by atoms with Gasteiger partial charge in [-0.15, -0.1) is 0 Å². The van der Waals surface area contributed by atoms with Crippen LogP contribution in [0.1, 0.15) is 78.0 Å². The number of anilines is 1. The van der Waals surface area contributed by atoms with Crippen LogP contribution in [0, 0.1) is 58.2 Å². The summed E-state index contributed by atoms with van der Waals surface area (Å²) in [6.07, 6.45) is 12.1. The van der Waals surface area contributed by atoms with Crippen LogP contribution in [-0.4, -0.2) is 26.6 Å². The summed E-state index contributed by atoms with van der Waals surface area (Å²) < 4.78 is 0. The molecule has 1 aromatic rings. The van der Waals surface area contributed by atoms with E-state index in [1.54, 1.807) is 0 Å². The van der Waals surface area contributed by atoms with Crippen molar-refractivity contribution in [1.29, 1.82) is 5.26 Å². The Kier molecular flexibility index (Phi) is 5.32. The fourth-order valence-electron chi connectivity index (χ4n) is 8.36. The molecule has 32 heavy (non-hydrogen) atoms. The lowest BCUT2D eigenvalue weighted by Gasteiger charge is -2.58. The zero-order valence-electron chi connectivity index (χ0n) is 19.6. The van der Waals surface area contributed by atoms with E-state index in [-0.39, 0.29) is 23.1 Å². The molecule has 4 fully saturated rings. The predicted molar refractivity (Wildman–Crippen MR) is 121 cm³/mol. The van der Waals surface area contributed by atoms with Crippen molar-refractivity contribution < 1.29 is 9.90 Å². The minimum Gasteiger partial charge on any atom is -0.390 e. The molecule has 0 saturated heterocycles. The Labute approximate surface area is 191 Å². The lowest BCUT2D eigenvalue weighted by atomic mass is 9.48. The maximum atomic E-state index is 13.3. The molecule has 6 heteroatoms. The average Bonchev–Trinajstić information content (AvgIpc) is 3.12. The first-order valence-electron chi connectivity index (χ1n) is 12.5. The smallest absolute Gasteiger partial charge is 0.232 e. The van der Waals surface area contributed by atoms with Crippen LogP contribution in [0.3, 0.4) is 0 Å². The molecule has 0 aromatic carbocycles. The summed E-state index contributed by atoms with van der Waals surface area (Å²) >= 11 is 0. The van der Waals surface area contributed by atoms with Crippen LogP contribution in [0.5, 0.6) is 0 Å². The Hall–Kier alpha value is -2.00. The van der Waals surface area contributed by atoms with E-state index >= 15 is 0 Å². The van der Waals surface area contributed by atoms with Gasteiger partial charge in [-0.3, -0.25) is 4.79 Å². The van der Waals surface area contributed by atoms with Gasteiger partial charge in [-0.2, -0.15) is 5.26 Å². The molecule has 0 aliphatic heterocycles. The Balaban J connectivity index is 1.30. The van der Waals surface area contributed by atoms with Crippen molar-refractivity contribution in [3.8, 4) is 6.07 Å². The van der Waals surface area contributed by atoms with Crippen molar-refractivity contribution in [1.82, 2.24) is 9.97 Å². The number of fused-ring (bicyclic) bond motifs is 5. The van der Waals surface area contributed by atoms with Gasteiger partial charge in [0.2, 0.25) is 11.7 Å². The zero-order chi connectivity index (χ0) is 22.7. The van der Waals surface area contributed by atoms with Gasteiger partial charge in [0.25, 0.3) is 0 Å². The van der Waals surface area contributed by atoms with Crippen molar-refractivity contribution in [2.45, 2.75) is 77.7 Å². The SMILES string of the molecule is C[C@H]1C[C@H]2[C@H](CC[C@@H]3[C@@H]2CC[C@]2(C)[C@@H](C(=O)Nc4cnc(C#N)nc4)CC[C@@H]32)C[C@]1(C)O. The quantitative estimate of drug-likeness (QED) is 0.708. The van der Waals surface area contributed by atoms with Crippen LogP contribution in [0.15, 0.2) is 12.4 Å². The molecule has 4 aliphatic rings. The molecule has 4 aliphatic carbocycles. The third-order valence-electron chi connectivity index (χ3n) is 10.2. The van der Waals surface area contributed by atoms with Crippen molar-refractivity contribution >= 4 is 11.6 Å². The van der Waals surface area contributed by atoms with Crippen LogP contribution in [0.2, 0.25) is 0 Å². The molecule has 9 atom stereocenters. The molecule has 1 amide bonds. The van der Waals surface area contributed by atoms with Crippen molar-refractivity contribution in [3.05, 3.63) is 18.2 Å². The minimum absolute atomic E-state index is 0.0211. The monoisotopic (exact) mass is 436 g/mol. The first-order valence-corrected chi connectivity index (χ1v) is 12.5. The fourth-order valence-corrected chi connectivity index (χ4v) is 8.36. The zero-order valence-corrected chi connectivity index (χ0v) is 19.6. The number of hydrogen-bond acceptors (Lipinski definition) is 5. The van der Waals surface area contributed by atoms with E-state index in [0.29, 0.717) is 23.4 Å². The van der Waals surface area contributed by atoms with Crippen LogP contribution in [-0.2, 0) is 4.79 Å². The molecule has 2 N–H and O–H groups in total. The number of aliphatic hydroxyl groups is 1. The normalized spacial score (nSPS) is 45.2.